The minimum absolute atomic E-state index is 0.223. The molecule has 1 aliphatic heterocycles. The van der Waals surface area contributed by atoms with E-state index in [-0.39, 0.29) is 12.2 Å². The quantitative estimate of drug-likeness (QED) is 0.903. The molecule has 1 aliphatic rings. The van der Waals surface area contributed by atoms with Gasteiger partial charge in [-0.25, -0.2) is 0 Å². The molecule has 4 heteroatoms. The van der Waals surface area contributed by atoms with Gasteiger partial charge < -0.3 is 14.6 Å². The maximum atomic E-state index is 10.2. The first-order valence-corrected chi connectivity index (χ1v) is 7.70. The topological polar surface area (TPSA) is 41.9 Å². The number of morpholine rings is 1. The van der Waals surface area contributed by atoms with Gasteiger partial charge in [0, 0.05) is 19.6 Å². The first-order valence-electron chi connectivity index (χ1n) is 7.70. The van der Waals surface area contributed by atoms with E-state index in [1.807, 2.05) is 19.1 Å². The Morgan fingerprint density at radius 1 is 1.29 bits per heavy atom. The molecule has 1 N–H and O–H groups in total. The normalized spacial score (nSPS) is 24.8. The Bertz CT molecular complexity index is 453. The highest BCUT2D eigenvalue weighted by atomic mass is 16.5. The molecule has 1 fully saturated rings. The van der Waals surface area contributed by atoms with Crippen molar-refractivity contribution in [3.63, 3.8) is 0 Å². The van der Waals surface area contributed by atoms with Gasteiger partial charge in [0.1, 0.15) is 18.5 Å². The SMILES string of the molecule is Cc1ccc(OC[C@H](O)CN2C[C@H](C)O[C@@H](C)C2)c(C)c1. The van der Waals surface area contributed by atoms with Crippen molar-refractivity contribution in [1.82, 2.24) is 4.90 Å². The van der Waals surface area contributed by atoms with E-state index in [4.69, 9.17) is 9.47 Å². The lowest BCUT2D eigenvalue weighted by Gasteiger charge is -2.36. The maximum Gasteiger partial charge on any atom is 0.122 e. The summed E-state index contributed by atoms with van der Waals surface area (Å²) >= 11 is 0. The first kappa shape index (κ1) is 16.3. The van der Waals surface area contributed by atoms with Crippen LogP contribution in [0, 0.1) is 13.8 Å². The van der Waals surface area contributed by atoms with Crippen LogP contribution in [0.2, 0.25) is 0 Å². The van der Waals surface area contributed by atoms with Crippen molar-refractivity contribution >= 4 is 0 Å². The summed E-state index contributed by atoms with van der Waals surface area (Å²) < 4.78 is 11.4. The Kier molecular flexibility index (Phi) is 5.62. The van der Waals surface area contributed by atoms with Crippen molar-refractivity contribution in [2.75, 3.05) is 26.2 Å². The average molecular weight is 293 g/mol. The van der Waals surface area contributed by atoms with Crippen LogP contribution in [0.15, 0.2) is 18.2 Å². The number of nitrogens with zero attached hydrogens (tertiary/aromatic N) is 1. The van der Waals surface area contributed by atoms with Crippen molar-refractivity contribution in [3.8, 4) is 5.75 Å². The first-order chi connectivity index (χ1) is 9.94. The molecule has 2 rings (SSSR count). The van der Waals surface area contributed by atoms with Crippen LogP contribution in [0.3, 0.4) is 0 Å². The Balaban J connectivity index is 1.80. The number of aliphatic hydroxyl groups excluding tert-OH is 1. The molecule has 0 spiro atoms. The summed E-state index contributed by atoms with van der Waals surface area (Å²) in [6, 6.07) is 6.09. The second-order valence-corrected chi connectivity index (χ2v) is 6.21. The number of ether oxygens (including phenoxy) is 2. The predicted octanol–water partition coefficient (Wildman–Crippen LogP) is 2.15. The van der Waals surface area contributed by atoms with Crippen LogP contribution in [0.1, 0.15) is 25.0 Å². The second-order valence-electron chi connectivity index (χ2n) is 6.21. The van der Waals surface area contributed by atoms with Crippen molar-refractivity contribution in [2.45, 2.75) is 46.0 Å². The summed E-state index contributed by atoms with van der Waals surface area (Å²) in [5.41, 5.74) is 2.33. The van der Waals surface area contributed by atoms with Crippen molar-refractivity contribution in [1.29, 1.82) is 0 Å². The van der Waals surface area contributed by atoms with Crippen molar-refractivity contribution in [3.05, 3.63) is 29.3 Å². The molecule has 1 saturated heterocycles. The minimum atomic E-state index is -0.483. The molecular weight excluding hydrogens is 266 g/mol. The lowest BCUT2D eigenvalue weighted by atomic mass is 10.1. The van der Waals surface area contributed by atoms with E-state index in [1.165, 1.54) is 5.56 Å². The highest BCUT2D eigenvalue weighted by Crippen LogP contribution is 2.19. The molecule has 1 aromatic carbocycles. The molecule has 1 aromatic rings. The van der Waals surface area contributed by atoms with Crippen molar-refractivity contribution < 1.29 is 14.6 Å². The molecule has 0 saturated carbocycles. The molecular formula is C17H27NO3. The fourth-order valence-electron chi connectivity index (χ4n) is 2.93. The van der Waals surface area contributed by atoms with Gasteiger partial charge in [-0.3, -0.25) is 4.90 Å². The summed E-state index contributed by atoms with van der Waals surface area (Å²) in [6.07, 6.45) is -0.0365. The molecule has 0 amide bonds. The average Bonchev–Trinajstić information content (AvgIpc) is 2.36. The van der Waals surface area contributed by atoms with Gasteiger partial charge in [-0.1, -0.05) is 17.7 Å². The number of hydrogen-bond acceptors (Lipinski definition) is 4. The number of rotatable bonds is 5. The largest absolute Gasteiger partial charge is 0.491 e. The molecule has 0 aliphatic carbocycles. The van der Waals surface area contributed by atoms with Crippen LogP contribution >= 0.6 is 0 Å². The number of hydrogen-bond donors (Lipinski definition) is 1. The standard InChI is InChI=1S/C17H27NO3/c1-12-5-6-17(13(2)7-12)20-11-16(19)10-18-8-14(3)21-15(4)9-18/h5-7,14-16,19H,8-11H2,1-4H3/t14-,15-,16+/m0/s1. The Hall–Kier alpha value is -1.10. The van der Waals surface area contributed by atoms with Gasteiger partial charge in [0.2, 0.25) is 0 Å². The molecule has 21 heavy (non-hydrogen) atoms. The van der Waals surface area contributed by atoms with E-state index in [2.05, 4.69) is 31.7 Å². The fourth-order valence-corrected chi connectivity index (χ4v) is 2.93. The van der Waals surface area contributed by atoms with Gasteiger partial charge in [-0.2, -0.15) is 0 Å². The van der Waals surface area contributed by atoms with Crippen LogP contribution in [0.4, 0.5) is 0 Å². The van der Waals surface area contributed by atoms with Crippen LogP contribution in [0.5, 0.6) is 5.75 Å². The zero-order valence-corrected chi connectivity index (χ0v) is 13.5. The molecule has 118 valence electrons. The summed E-state index contributed by atoms with van der Waals surface area (Å²) in [5, 5.41) is 10.2. The summed E-state index contributed by atoms with van der Waals surface area (Å²) in [6.45, 7) is 10.9. The predicted molar refractivity (Wildman–Crippen MR) is 83.9 cm³/mol. The fraction of sp³-hybridized carbons (Fsp3) is 0.647. The molecule has 1 heterocycles. The smallest absolute Gasteiger partial charge is 0.122 e. The molecule has 0 aromatic heterocycles. The van der Waals surface area contributed by atoms with Crippen molar-refractivity contribution in [2.24, 2.45) is 0 Å². The van der Waals surface area contributed by atoms with Crippen LogP contribution in [0.25, 0.3) is 0 Å². The molecule has 4 nitrogen and oxygen atoms in total. The molecule has 3 atom stereocenters. The Labute approximate surface area is 127 Å². The highest BCUT2D eigenvalue weighted by molar-refractivity contribution is 5.35. The van der Waals surface area contributed by atoms with Gasteiger partial charge >= 0.3 is 0 Å². The Morgan fingerprint density at radius 2 is 1.95 bits per heavy atom. The Morgan fingerprint density at radius 3 is 2.57 bits per heavy atom. The summed E-state index contributed by atoms with van der Waals surface area (Å²) in [4.78, 5) is 2.24. The monoisotopic (exact) mass is 293 g/mol. The highest BCUT2D eigenvalue weighted by Gasteiger charge is 2.23. The number of β-amino-alcohol motifs (C(OH)–C–C–N with tert-alkyl or cyclic N) is 1. The number of benzene rings is 1. The lowest BCUT2D eigenvalue weighted by molar-refractivity contribution is -0.0786. The summed E-state index contributed by atoms with van der Waals surface area (Å²) in [5.74, 6) is 0.850. The summed E-state index contributed by atoms with van der Waals surface area (Å²) in [7, 11) is 0. The minimum Gasteiger partial charge on any atom is -0.491 e. The number of aryl methyl sites for hydroxylation is 2. The van der Waals surface area contributed by atoms with Gasteiger partial charge in [0.05, 0.1) is 12.2 Å². The van der Waals surface area contributed by atoms with Crippen LogP contribution < -0.4 is 4.74 Å². The second kappa shape index (κ2) is 7.25. The molecule has 0 bridgehead atoms. The van der Waals surface area contributed by atoms with E-state index in [9.17, 15) is 5.11 Å². The molecule has 0 unspecified atom stereocenters. The lowest BCUT2D eigenvalue weighted by Crippen LogP contribution is -2.48. The zero-order chi connectivity index (χ0) is 15.4. The number of aliphatic hydroxyl groups is 1. The van der Waals surface area contributed by atoms with Gasteiger partial charge in [0.15, 0.2) is 0 Å². The van der Waals surface area contributed by atoms with E-state index in [0.717, 1.165) is 24.4 Å². The van der Waals surface area contributed by atoms with E-state index < -0.39 is 6.10 Å². The van der Waals surface area contributed by atoms with Crippen LogP contribution in [-0.4, -0.2) is 54.6 Å². The van der Waals surface area contributed by atoms with Gasteiger partial charge in [-0.05, 0) is 39.3 Å². The third-order valence-electron chi connectivity index (χ3n) is 3.73. The third kappa shape index (κ3) is 4.99. The van der Waals surface area contributed by atoms with E-state index in [1.54, 1.807) is 0 Å². The molecule has 0 radical (unpaired) electrons. The van der Waals surface area contributed by atoms with E-state index >= 15 is 0 Å². The zero-order valence-electron chi connectivity index (χ0n) is 13.5. The third-order valence-corrected chi connectivity index (χ3v) is 3.73. The van der Waals surface area contributed by atoms with Crippen LogP contribution in [-0.2, 0) is 4.74 Å². The maximum absolute atomic E-state index is 10.2. The van der Waals surface area contributed by atoms with E-state index in [0.29, 0.717) is 13.2 Å². The van der Waals surface area contributed by atoms with Gasteiger partial charge in [-0.15, -0.1) is 0 Å². The van der Waals surface area contributed by atoms with Gasteiger partial charge in [0.25, 0.3) is 0 Å².